The number of aliphatic hydroxyl groups excluding tert-OH is 1. The van der Waals surface area contributed by atoms with E-state index in [1.807, 2.05) is 18.2 Å². The topological polar surface area (TPSA) is 41.5 Å². The zero-order valence-corrected chi connectivity index (χ0v) is 15.9. The van der Waals surface area contributed by atoms with Crippen LogP contribution in [0.25, 0.3) is 5.57 Å². The molecule has 0 radical (unpaired) electrons. The normalized spacial score (nSPS) is 19.9. The number of hydrogen-bond donors (Lipinski definition) is 2. The second kappa shape index (κ2) is 7.59. The van der Waals surface area contributed by atoms with Gasteiger partial charge in [-0.1, -0.05) is 24.8 Å². The van der Waals surface area contributed by atoms with E-state index in [1.165, 1.54) is 11.6 Å². The number of benzene rings is 2. The minimum Gasteiger partial charge on any atom is -0.493 e. The van der Waals surface area contributed by atoms with Crippen LogP contribution in [0, 0.1) is 0 Å². The number of allylic oxidation sites excluding steroid dienone is 1. The summed E-state index contributed by atoms with van der Waals surface area (Å²) in [6, 6.07) is 9.58. The highest BCUT2D eigenvalue weighted by Gasteiger charge is 2.32. The summed E-state index contributed by atoms with van der Waals surface area (Å²) in [5, 5.41) is 13.3. The van der Waals surface area contributed by atoms with Crippen molar-refractivity contribution in [2.45, 2.75) is 38.0 Å². The molecule has 152 valence electrons. The Bertz CT molecular complexity index is 979. The molecule has 0 spiro atoms. The summed E-state index contributed by atoms with van der Waals surface area (Å²) >= 11 is 0. The largest absolute Gasteiger partial charge is 0.493 e. The fourth-order valence-corrected chi connectivity index (χ4v) is 3.95. The molecule has 0 bridgehead atoms. The van der Waals surface area contributed by atoms with E-state index < -0.39 is 11.7 Å². The summed E-state index contributed by atoms with van der Waals surface area (Å²) in [4.78, 5) is 0. The van der Waals surface area contributed by atoms with Crippen molar-refractivity contribution >= 4 is 11.3 Å². The van der Waals surface area contributed by atoms with Crippen LogP contribution in [0.15, 0.2) is 54.8 Å². The van der Waals surface area contributed by atoms with Crippen molar-refractivity contribution in [2.24, 2.45) is 0 Å². The Balaban J connectivity index is 1.58. The summed E-state index contributed by atoms with van der Waals surface area (Å²) in [5.41, 5.74) is 4.66. The molecule has 1 aliphatic carbocycles. The predicted molar refractivity (Wildman–Crippen MR) is 107 cm³/mol. The maximum atomic E-state index is 13.0. The number of nitrogens with one attached hydrogen (secondary N) is 1. The van der Waals surface area contributed by atoms with E-state index >= 15 is 0 Å². The third kappa shape index (κ3) is 4.17. The summed E-state index contributed by atoms with van der Waals surface area (Å²) in [6.07, 6.45) is -0.106. The Morgan fingerprint density at radius 3 is 2.83 bits per heavy atom. The van der Waals surface area contributed by atoms with E-state index in [4.69, 9.17) is 4.74 Å². The fourth-order valence-electron chi connectivity index (χ4n) is 3.95. The molecule has 0 aromatic heterocycles. The van der Waals surface area contributed by atoms with Crippen molar-refractivity contribution in [3.05, 3.63) is 77.0 Å². The molecule has 0 saturated heterocycles. The van der Waals surface area contributed by atoms with Crippen LogP contribution in [0.5, 0.6) is 5.75 Å². The third-order valence-corrected chi connectivity index (χ3v) is 5.39. The van der Waals surface area contributed by atoms with E-state index in [0.717, 1.165) is 41.8 Å². The number of aliphatic hydroxyl groups is 1. The molecule has 2 aromatic rings. The third-order valence-electron chi connectivity index (χ3n) is 5.39. The lowest BCUT2D eigenvalue weighted by molar-refractivity contribution is -0.137. The van der Waals surface area contributed by atoms with E-state index in [9.17, 15) is 18.3 Å². The summed E-state index contributed by atoms with van der Waals surface area (Å²) < 4.78 is 44.3. The van der Waals surface area contributed by atoms with Gasteiger partial charge in [0.1, 0.15) is 5.75 Å². The van der Waals surface area contributed by atoms with E-state index in [-0.39, 0.29) is 11.9 Å². The van der Waals surface area contributed by atoms with Crippen LogP contribution in [-0.2, 0) is 19.0 Å². The van der Waals surface area contributed by atoms with Gasteiger partial charge in [-0.25, -0.2) is 0 Å². The molecule has 1 atom stereocenters. The average molecular weight is 401 g/mol. The number of fused-ring (bicyclic) bond motifs is 2. The van der Waals surface area contributed by atoms with Crippen molar-refractivity contribution in [1.82, 2.24) is 0 Å². The highest BCUT2D eigenvalue weighted by molar-refractivity contribution is 5.75. The van der Waals surface area contributed by atoms with Crippen molar-refractivity contribution < 1.29 is 23.0 Å². The lowest BCUT2D eigenvalue weighted by Crippen LogP contribution is -2.20. The van der Waals surface area contributed by atoms with Gasteiger partial charge in [0.15, 0.2) is 0 Å². The lowest BCUT2D eigenvalue weighted by Gasteiger charge is -2.24. The molecular formula is C23H22F3NO2. The van der Waals surface area contributed by atoms with Gasteiger partial charge in [0, 0.05) is 29.8 Å². The van der Waals surface area contributed by atoms with Crippen molar-refractivity contribution in [1.29, 1.82) is 0 Å². The first kappa shape index (κ1) is 19.6. The second-order valence-corrected chi connectivity index (χ2v) is 7.47. The minimum absolute atomic E-state index is 0.241. The van der Waals surface area contributed by atoms with Crippen molar-refractivity contribution in [2.75, 3.05) is 11.9 Å². The molecule has 0 amide bonds. The number of halogens is 3. The van der Waals surface area contributed by atoms with Crippen molar-refractivity contribution in [3.8, 4) is 5.75 Å². The maximum absolute atomic E-state index is 13.0. The van der Waals surface area contributed by atoms with Gasteiger partial charge >= 0.3 is 6.18 Å². The predicted octanol–water partition coefficient (Wildman–Crippen LogP) is 5.35. The molecule has 1 unspecified atom stereocenters. The number of rotatable bonds is 3. The smallest absolute Gasteiger partial charge is 0.416 e. The van der Waals surface area contributed by atoms with E-state index in [1.54, 1.807) is 0 Å². The van der Waals surface area contributed by atoms with Crippen LogP contribution in [0.2, 0.25) is 0 Å². The molecule has 6 heteroatoms. The van der Waals surface area contributed by atoms with Crippen LogP contribution >= 0.6 is 0 Å². The zero-order valence-electron chi connectivity index (χ0n) is 15.9. The highest BCUT2D eigenvalue weighted by atomic mass is 19.4. The number of ether oxygens (including phenoxy) is 1. The number of aryl methyl sites for hydroxylation is 1. The number of anilines is 1. The molecule has 2 aliphatic rings. The molecule has 29 heavy (non-hydrogen) atoms. The molecule has 0 fully saturated rings. The molecule has 2 N–H and O–H groups in total. The SMILES string of the molecule is C=C(/C=C1\CCOc2cc(C(F)(F)F)ccc21)Nc1cccc2c1CC(O)CC2. The molecule has 1 heterocycles. The van der Waals surface area contributed by atoms with Gasteiger partial charge in [-0.15, -0.1) is 0 Å². The van der Waals surface area contributed by atoms with Crippen LogP contribution in [0.4, 0.5) is 18.9 Å². The van der Waals surface area contributed by atoms with Gasteiger partial charge in [0.25, 0.3) is 0 Å². The van der Waals surface area contributed by atoms with Gasteiger partial charge in [0.05, 0.1) is 18.3 Å². The van der Waals surface area contributed by atoms with E-state index in [0.29, 0.717) is 30.7 Å². The summed E-state index contributed by atoms with van der Waals surface area (Å²) in [5.74, 6) is 0.241. The maximum Gasteiger partial charge on any atom is 0.416 e. The fraction of sp³-hybridized carbons (Fsp3) is 0.304. The van der Waals surface area contributed by atoms with Crippen LogP contribution in [-0.4, -0.2) is 17.8 Å². The van der Waals surface area contributed by atoms with Crippen LogP contribution in [0.3, 0.4) is 0 Å². The first-order chi connectivity index (χ1) is 13.8. The van der Waals surface area contributed by atoms with Gasteiger partial charge < -0.3 is 15.2 Å². The number of hydrogen-bond acceptors (Lipinski definition) is 3. The molecule has 0 saturated carbocycles. The Morgan fingerprint density at radius 2 is 2.03 bits per heavy atom. The molecule has 1 aliphatic heterocycles. The number of alkyl halides is 3. The highest BCUT2D eigenvalue weighted by Crippen LogP contribution is 2.39. The van der Waals surface area contributed by atoms with Crippen LogP contribution in [0.1, 0.15) is 35.1 Å². The first-order valence-electron chi connectivity index (χ1n) is 9.61. The van der Waals surface area contributed by atoms with Gasteiger partial charge in [-0.05, 0) is 53.8 Å². The first-order valence-corrected chi connectivity index (χ1v) is 9.61. The Labute approximate surface area is 167 Å². The van der Waals surface area contributed by atoms with Crippen LogP contribution < -0.4 is 10.1 Å². The molecule has 3 nitrogen and oxygen atoms in total. The lowest BCUT2D eigenvalue weighted by atomic mass is 9.88. The average Bonchev–Trinajstić information content (AvgIpc) is 2.67. The zero-order chi connectivity index (χ0) is 20.6. The quantitative estimate of drug-likeness (QED) is 0.729. The van der Waals surface area contributed by atoms with E-state index in [2.05, 4.69) is 18.0 Å². The monoisotopic (exact) mass is 401 g/mol. The van der Waals surface area contributed by atoms with Gasteiger partial charge in [-0.2, -0.15) is 13.2 Å². The Hall–Kier alpha value is -2.73. The van der Waals surface area contributed by atoms with Gasteiger partial charge in [-0.3, -0.25) is 0 Å². The standard InChI is InChI=1S/C23H22F3NO2/c1-14(27-21-4-2-3-15-5-7-18(28)13-20(15)21)11-16-9-10-29-22-12-17(23(24,25)26)6-8-19(16)22/h2-4,6,8,11-12,18,27-28H,1,5,7,9-10,13H2/b16-11+. The Morgan fingerprint density at radius 1 is 1.21 bits per heavy atom. The molecule has 4 rings (SSSR count). The minimum atomic E-state index is -4.40. The summed E-state index contributed by atoms with van der Waals surface area (Å²) in [6.45, 7) is 4.39. The van der Waals surface area contributed by atoms with Gasteiger partial charge in [0.2, 0.25) is 0 Å². The Kier molecular flexibility index (Phi) is 5.13. The van der Waals surface area contributed by atoms with Crippen molar-refractivity contribution in [3.63, 3.8) is 0 Å². The summed E-state index contributed by atoms with van der Waals surface area (Å²) in [7, 11) is 0. The molecular weight excluding hydrogens is 379 g/mol. The second-order valence-electron chi connectivity index (χ2n) is 7.47. The molecule has 2 aromatic carbocycles.